The van der Waals surface area contributed by atoms with Crippen LogP contribution in [0.25, 0.3) is 10.8 Å². The molecule has 14 heteroatoms. The first-order valence-corrected chi connectivity index (χ1v) is 22.0. The zero-order chi connectivity index (χ0) is 41.5. The maximum absolute atomic E-state index is 13.6. The quantitative estimate of drug-likeness (QED) is 0.0759. The lowest BCUT2D eigenvalue weighted by molar-refractivity contribution is 0.0322. The van der Waals surface area contributed by atoms with Crippen LogP contribution in [-0.2, 0) is 14.7 Å². The zero-order valence-electron chi connectivity index (χ0n) is 34.2. The van der Waals surface area contributed by atoms with Gasteiger partial charge in [0.05, 0.1) is 37.0 Å². The van der Waals surface area contributed by atoms with Crippen molar-refractivity contribution in [3.05, 3.63) is 96.2 Å². The summed E-state index contributed by atoms with van der Waals surface area (Å²) < 4.78 is 37.1. The summed E-state index contributed by atoms with van der Waals surface area (Å²) in [5.74, 6) is 2.29. The lowest BCUT2D eigenvalue weighted by Crippen LogP contribution is -2.38. The van der Waals surface area contributed by atoms with Crippen LogP contribution in [0.3, 0.4) is 0 Å². The molecule has 4 N–H and O–H groups in total. The van der Waals surface area contributed by atoms with Crippen LogP contribution in [0.5, 0.6) is 23.0 Å². The molecule has 0 aliphatic carbocycles. The van der Waals surface area contributed by atoms with E-state index in [4.69, 9.17) is 18.9 Å². The van der Waals surface area contributed by atoms with Gasteiger partial charge in [0, 0.05) is 67.0 Å². The van der Waals surface area contributed by atoms with Gasteiger partial charge in [-0.25, -0.2) is 9.78 Å². The van der Waals surface area contributed by atoms with E-state index in [2.05, 4.69) is 51.9 Å². The number of carbonyl (C=O) groups excluding carboxylic acids is 2. The van der Waals surface area contributed by atoms with Crippen molar-refractivity contribution >= 4 is 58.0 Å². The Labute approximate surface area is 340 Å². The largest absolute Gasteiger partial charge is 0.494 e. The summed E-state index contributed by atoms with van der Waals surface area (Å²) in [4.78, 5) is 33.1. The molecule has 0 spiro atoms. The highest BCUT2D eigenvalue weighted by Crippen LogP contribution is 2.44. The molecule has 58 heavy (non-hydrogen) atoms. The maximum atomic E-state index is 13.6. The van der Waals surface area contributed by atoms with E-state index in [0.29, 0.717) is 76.6 Å². The second kappa shape index (κ2) is 18.3. The molecule has 1 aromatic heterocycles. The lowest BCUT2D eigenvalue weighted by Gasteiger charge is -2.27. The molecular formula is C44H53N6O7P. The summed E-state index contributed by atoms with van der Waals surface area (Å²) in [6.07, 6.45) is 2.48. The molecule has 2 heterocycles. The Bertz CT molecular complexity index is 2320. The van der Waals surface area contributed by atoms with Gasteiger partial charge in [0.2, 0.25) is 0 Å². The number of aromatic nitrogens is 1. The molecule has 306 valence electrons. The highest BCUT2D eigenvalue weighted by Gasteiger charge is 2.27. The third-order valence-electron chi connectivity index (χ3n) is 10.3. The Morgan fingerprint density at radius 2 is 1.66 bits per heavy atom. The molecule has 13 nitrogen and oxygen atoms in total. The predicted molar refractivity (Wildman–Crippen MR) is 232 cm³/mol. The fraction of sp³-hybridized carbons (Fsp3) is 0.341. The van der Waals surface area contributed by atoms with Gasteiger partial charge in [-0.05, 0) is 73.2 Å². The molecule has 4 aromatic carbocycles. The summed E-state index contributed by atoms with van der Waals surface area (Å²) in [5, 5.41) is 14.1. The minimum Gasteiger partial charge on any atom is -0.494 e. The third-order valence-corrected chi connectivity index (χ3v) is 11.8. The van der Waals surface area contributed by atoms with Crippen LogP contribution in [-0.4, -0.2) is 88.8 Å². The van der Waals surface area contributed by atoms with Crippen LogP contribution in [0.4, 0.5) is 27.7 Å². The number of carbonyl (C=O) groups is 2. The van der Waals surface area contributed by atoms with Gasteiger partial charge in [-0.15, -0.1) is 0 Å². The molecule has 0 atom stereocenters. The molecule has 6 rings (SSSR count). The molecule has 0 unspecified atom stereocenters. The Balaban J connectivity index is 1.20. The second-order valence-electron chi connectivity index (χ2n) is 15.1. The number of nitrogens with one attached hydrogen (secondary N) is 4. The van der Waals surface area contributed by atoms with E-state index in [1.54, 1.807) is 63.0 Å². The van der Waals surface area contributed by atoms with Gasteiger partial charge in [-0.1, -0.05) is 45.0 Å². The first-order chi connectivity index (χ1) is 27.8. The first-order valence-electron chi connectivity index (χ1n) is 19.4. The van der Waals surface area contributed by atoms with E-state index in [1.807, 2.05) is 42.5 Å². The van der Waals surface area contributed by atoms with Crippen LogP contribution in [0.15, 0.2) is 85.1 Å². The van der Waals surface area contributed by atoms with Crippen molar-refractivity contribution in [3.63, 3.8) is 0 Å². The van der Waals surface area contributed by atoms with Gasteiger partial charge < -0.3 is 44.8 Å². The normalized spacial score (nSPS) is 13.4. The number of benzene rings is 4. The van der Waals surface area contributed by atoms with Gasteiger partial charge in [0.25, 0.3) is 5.91 Å². The SMILES string of the molecule is CCC(C)(C)c1cc(NC(=O)Nc2ccc(Oc3ccnc(Nc4cc(OCCN5CCOCC5)cc(C(=O)NC)c4)c3)c3ccccc23)c(OC)c(P(C)(C)=O)c1. The number of hydrogen-bond donors (Lipinski definition) is 4. The summed E-state index contributed by atoms with van der Waals surface area (Å²) in [6, 6.07) is 23.4. The molecule has 0 saturated carbocycles. The lowest BCUT2D eigenvalue weighted by atomic mass is 9.82. The van der Waals surface area contributed by atoms with Gasteiger partial charge in [-0.3, -0.25) is 9.69 Å². The van der Waals surface area contributed by atoms with Crippen LogP contribution < -0.4 is 40.8 Å². The van der Waals surface area contributed by atoms with Gasteiger partial charge in [0.15, 0.2) is 5.75 Å². The Morgan fingerprint density at radius 1 is 0.914 bits per heavy atom. The topological polar surface area (TPSA) is 152 Å². The monoisotopic (exact) mass is 808 g/mol. The molecule has 3 amide bonds. The number of amides is 3. The van der Waals surface area contributed by atoms with Gasteiger partial charge in [0.1, 0.15) is 36.8 Å². The summed E-state index contributed by atoms with van der Waals surface area (Å²) in [5.41, 5.74) is 2.81. The fourth-order valence-corrected chi connectivity index (χ4v) is 7.78. The summed E-state index contributed by atoms with van der Waals surface area (Å²) in [6.45, 7) is 14.1. The van der Waals surface area contributed by atoms with Crippen LogP contribution >= 0.6 is 7.14 Å². The van der Waals surface area contributed by atoms with E-state index in [0.717, 1.165) is 42.4 Å². The Morgan fingerprint density at radius 3 is 2.36 bits per heavy atom. The van der Waals surface area contributed by atoms with Crippen molar-refractivity contribution in [1.29, 1.82) is 0 Å². The zero-order valence-corrected chi connectivity index (χ0v) is 35.1. The first kappa shape index (κ1) is 42.0. The van der Waals surface area contributed by atoms with Crippen molar-refractivity contribution < 1.29 is 33.1 Å². The van der Waals surface area contributed by atoms with E-state index in [1.165, 1.54) is 7.11 Å². The minimum atomic E-state index is -2.76. The van der Waals surface area contributed by atoms with Crippen molar-refractivity contribution in [3.8, 4) is 23.0 Å². The van der Waals surface area contributed by atoms with Crippen molar-refractivity contribution in [2.45, 2.75) is 32.6 Å². The van der Waals surface area contributed by atoms with Crippen LogP contribution in [0.1, 0.15) is 43.1 Å². The Kier molecular flexibility index (Phi) is 13.3. The van der Waals surface area contributed by atoms with Crippen molar-refractivity contribution in [1.82, 2.24) is 15.2 Å². The van der Waals surface area contributed by atoms with Crippen molar-refractivity contribution in [2.75, 3.05) is 82.9 Å². The average molecular weight is 809 g/mol. The average Bonchev–Trinajstić information content (AvgIpc) is 3.21. The molecule has 1 fully saturated rings. The molecular weight excluding hydrogens is 755 g/mol. The second-order valence-corrected chi connectivity index (χ2v) is 18.3. The summed E-state index contributed by atoms with van der Waals surface area (Å²) in [7, 11) is 0.339. The maximum Gasteiger partial charge on any atom is 0.323 e. The summed E-state index contributed by atoms with van der Waals surface area (Å²) >= 11 is 0. The number of anilines is 4. The van der Waals surface area contributed by atoms with Crippen LogP contribution in [0, 0.1) is 0 Å². The predicted octanol–water partition coefficient (Wildman–Crippen LogP) is 8.43. The number of fused-ring (bicyclic) bond motifs is 1. The number of hydrogen-bond acceptors (Lipinski definition) is 10. The smallest absolute Gasteiger partial charge is 0.323 e. The molecule has 0 bridgehead atoms. The number of pyridine rings is 1. The van der Waals surface area contributed by atoms with E-state index < -0.39 is 13.2 Å². The molecule has 5 aromatic rings. The number of methoxy groups -OCH3 is 1. The third kappa shape index (κ3) is 10.3. The minimum absolute atomic E-state index is 0.222. The van der Waals surface area contributed by atoms with Crippen molar-refractivity contribution in [2.24, 2.45) is 0 Å². The molecule has 0 radical (unpaired) electrons. The van der Waals surface area contributed by atoms with E-state index in [9.17, 15) is 14.2 Å². The molecule has 1 saturated heterocycles. The highest BCUT2D eigenvalue weighted by molar-refractivity contribution is 7.70. The number of morpholine rings is 1. The number of urea groups is 1. The highest BCUT2D eigenvalue weighted by atomic mass is 31.2. The number of ether oxygens (including phenoxy) is 4. The Hall–Kier alpha value is -5.62. The number of nitrogens with zero attached hydrogens (tertiary/aromatic N) is 2. The van der Waals surface area contributed by atoms with E-state index >= 15 is 0 Å². The van der Waals surface area contributed by atoms with Gasteiger partial charge in [-0.2, -0.15) is 0 Å². The van der Waals surface area contributed by atoms with Gasteiger partial charge >= 0.3 is 6.03 Å². The molecule has 1 aliphatic heterocycles. The fourth-order valence-electron chi connectivity index (χ4n) is 6.63. The van der Waals surface area contributed by atoms with E-state index in [-0.39, 0.29) is 11.3 Å². The number of rotatable bonds is 15. The molecule has 1 aliphatic rings. The standard InChI is InChI=1S/C44H53N6O7P/c1-8-44(2,3)30-25-37(41(54-5)39(26-30)58(6,7)53)49-43(52)48-36-13-14-38(35-12-10-9-11-34(35)36)57-32-15-16-46-40(28-32)47-31-23-29(42(51)45-4)24-33(27-31)56-22-19-50-17-20-55-21-18-50/h9-16,23-28H,8,17-22H2,1-7H3,(H,45,51)(H,46,47)(H2,48,49,52). The van der Waals surface area contributed by atoms with Crippen LogP contribution in [0.2, 0.25) is 0 Å².